The molecule has 0 unspecified atom stereocenters. The van der Waals surface area contributed by atoms with Crippen molar-refractivity contribution in [2.24, 2.45) is 5.92 Å². The Balaban J connectivity index is 1.46. The highest BCUT2D eigenvalue weighted by atomic mass is 16.2. The molecule has 0 bridgehead atoms. The molecule has 29 heavy (non-hydrogen) atoms. The van der Waals surface area contributed by atoms with Crippen LogP contribution in [0.5, 0.6) is 0 Å². The topological polar surface area (TPSA) is 30.0 Å². The van der Waals surface area contributed by atoms with E-state index in [1.807, 2.05) is 0 Å². The van der Waals surface area contributed by atoms with Crippen molar-refractivity contribution in [1.82, 2.24) is 19.6 Å². The Labute approximate surface area is 180 Å². The van der Waals surface area contributed by atoms with Crippen LogP contribution in [0.3, 0.4) is 0 Å². The largest absolute Gasteiger partial charge is 0.341 e. The first-order valence-electron chi connectivity index (χ1n) is 12.4. The maximum atomic E-state index is 12.5. The summed E-state index contributed by atoms with van der Waals surface area (Å²) in [6, 6.07) is 0.688. The number of piperazine rings is 1. The molecule has 2 heterocycles. The van der Waals surface area contributed by atoms with Gasteiger partial charge in [0.15, 0.2) is 0 Å². The predicted molar refractivity (Wildman–Crippen MR) is 123 cm³/mol. The van der Waals surface area contributed by atoms with Gasteiger partial charge in [0.1, 0.15) is 0 Å². The van der Waals surface area contributed by atoms with Gasteiger partial charge >= 0.3 is 0 Å². The van der Waals surface area contributed by atoms with Gasteiger partial charge < -0.3 is 14.7 Å². The Morgan fingerprint density at radius 2 is 1.38 bits per heavy atom. The van der Waals surface area contributed by atoms with Crippen molar-refractivity contribution in [3.05, 3.63) is 0 Å². The molecule has 0 spiro atoms. The van der Waals surface area contributed by atoms with E-state index in [1.165, 1.54) is 58.4 Å². The fourth-order valence-corrected chi connectivity index (χ4v) is 4.72. The molecule has 170 valence electrons. The summed E-state index contributed by atoms with van der Waals surface area (Å²) < 4.78 is 0. The van der Waals surface area contributed by atoms with E-state index >= 15 is 0 Å². The van der Waals surface area contributed by atoms with Crippen LogP contribution in [0.25, 0.3) is 0 Å². The SMILES string of the molecule is CC(C)CN1CCCN(C(=O)CCCCCCCN2CCN(C(C)C)CC2)CC1. The maximum absolute atomic E-state index is 12.5. The van der Waals surface area contributed by atoms with Crippen LogP contribution in [-0.2, 0) is 4.79 Å². The minimum absolute atomic E-state index is 0.388. The van der Waals surface area contributed by atoms with E-state index in [9.17, 15) is 4.79 Å². The molecule has 2 aliphatic rings. The number of nitrogens with zero attached hydrogens (tertiary/aromatic N) is 4. The second-order valence-corrected chi connectivity index (χ2v) is 9.92. The molecule has 0 radical (unpaired) electrons. The summed E-state index contributed by atoms with van der Waals surface area (Å²) in [5.41, 5.74) is 0. The first-order valence-corrected chi connectivity index (χ1v) is 12.4. The van der Waals surface area contributed by atoms with E-state index in [0.717, 1.165) is 52.0 Å². The van der Waals surface area contributed by atoms with Gasteiger partial charge in [-0.15, -0.1) is 0 Å². The maximum Gasteiger partial charge on any atom is 0.222 e. The molecule has 0 aliphatic carbocycles. The number of carbonyl (C=O) groups is 1. The van der Waals surface area contributed by atoms with Gasteiger partial charge in [0.25, 0.3) is 0 Å². The van der Waals surface area contributed by atoms with Crippen LogP contribution in [0.15, 0.2) is 0 Å². The first-order chi connectivity index (χ1) is 14.0. The van der Waals surface area contributed by atoms with Crippen molar-refractivity contribution in [3.8, 4) is 0 Å². The summed E-state index contributed by atoms with van der Waals surface area (Å²) in [6.07, 6.45) is 8.06. The van der Waals surface area contributed by atoms with Gasteiger partial charge in [-0.1, -0.05) is 33.1 Å². The van der Waals surface area contributed by atoms with Crippen LogP contribution in [0, 0.1) is 5.92 Å². The van der Waals surface area contributed by atoms with E-state index in [2.05, 4.69) is 47.3 Å². The molecule has 2 fully saturated rings. The third-order valence-electron chi connectivity index (χ3n) is 6.57. The Kier molecular flexibility index (Phi) is 11.6. The lowest BCUT2D eigenvalue weighted by atomic mass is 10.1. The zero-order chi connectivity index (χ0) is 21.1. The average molecular weight is 409 g/mol. The van der Waals surface area contributed by atoms with Gasteiger partial charge in [-0.25, -0.2) is 0 Å². The lowest BCUT2D eigenvalue weighted by molar-refractivity contribution is -0.131. The smallest absolute Gasteiger partial charge is 0.222 e. The fourth-order valence-electron chi connectivity index (χ4n) is 4.72. The molecule has 0 N–H and O–H groups in total. The minimum Gasteiger partial charge on any atom is -0.341 e. The van der Waals surface area contributed by atoms with E-state index < -0.39 is 0 Å². The quantitative estimate of drug-likeness (QED) is 0.489. The highest BCUT2D eigenvalue weighted by molar-refractivity contribution is 5.76. The lowest BCUT2D eigenvalue weighted by Crippen LogP contribution is -2.48. The van der Waals surface area contributed by atoms with Crippen LogP contribution in [0.1, 0.15) is 72.6 Å². The molecule has 0 aromatic carbocycles. The van der Waals surface area contributed by atoms with E-state index in [4.69, 9.17) is 0 Å². The lowest BCUT2D eigenvalue weighted by Gasteiger charge is -2.36. The Hall–Kier alpha value is -0.650. The molecule has 0 aromatic heterocycles. The monoisotopic (exact) mass is 408 g/mol. The normalized spacial score (nSPS) is 20.6. The van der Waals surface area contributed by atoms with Gasteiger partial charge in [-0.2, -0.15) is 0 Å². The Morgan fingerprint density at radius 3 is 2.07 bits per heavy atom. The van der Waals surface area contributed by atoms with Crippen molar-refractivity contribution < 1.29 is 4.79 Å². The number of unbranched alkanes of at least 4 members (excludes halogenated alkanes) is 4. The van der Waals surface area contributed by atoms with E-state index in [1.54, 1.807) is 0 Å². The van der Waals surface area contributed by atoms with Gasteiger partial charge in [0.05, 0.1) is 0 Å². The van der Waals surface area contributed by atoms with Crippen molar-refractivity contribution in [2.45, 2.75) is 78.7 Å². The predicted octanol–water partition coefficient (Wildman–Crippen LogP) is 3.54. The molecule has 2 aliphatic heterocycles. The van der Waals surface area contributed by atoms with Crippen LogP contribution in [0.4, 0.5) is 0 Å². The second kappa shape index (κ2) is 13.6. The molecule has 5 heteroatoms. The number of amides is 1. The number of rotatable bonds is 11. The van der Waals surface area contributed by atoms with Crippen LogP contribution in [0.2, 0.25) is 0 Å². The highest BCUT2D eigenvalue weighted by Gasteiger charge is 2.19. The molecular weight excluding hydrogens is 360 g/mol. The number of hydrogen-bond donors (Lipinski definition) is 0. The van der Waals surface area contributed by atoms with Gasteiger partial charge in [-0.3, -0.25) is 9.69 Å². The Bertz CT molecular complexity index is 446. The minimum atomic E-state index is 0.388. The summed E-state index contributed by atoms with van der Waals surface area (Å²) in [5.74, 6) is 1.10. The molecule has 2 saturated heterocycles. The van der Waals surface area contributed by atoms with Gasteiger partial charge in [0.2, 0.25) is 5.91 Å². The van der Waals surface area contributed by atoms with Crippen molar-refractivity contribution in [3.63, 3.8) is 0 Å². The standard InChI is InChI=1S/C24H48N4O/c1-22(2)21-26-13-10-14-28(20-17-26)24(29)11-8-6-5-7-9-12-25-15-18-27(19-16-25)23(3)4/h22-23H,5-21H2,1-4H3. The molecule has 1 amide bonds. The van der Waals surface area contributed by atoms with Gasteiger partial charge in [0, 0.05) is 64.8 Å². The van der Waals surface area contributed by atoms with Crippen LogP contribution < -0.4 is 0 Å². The summed E-state index contributed by atoms with van der Waals surface area (Å²) in [6.45, 7) is 20.6. The molecular formula is C24H48N4O. The van der Waals surface area contributed by atoms with E-state index in [0.29, 0.717) is 17.9 Å². The molecule has 2 rings (SSSR count). The summed E-state index contributed by atoms with van der Waals surface area (Å²) in [5, 5.41) is 0. The summed E-state index contributed by atoms with van der Waals surface area (Å²) in [7, 11) is 0. The molecule has 0 aromatic rings. The number of hydrogen-bond acceptors (Lipinski definition) is 4. The number of carbonyl (C=O) groups excluding carboxylic acids is 1. The van der Waals surface area contributed by atoms with Crippen molar-refractivity contribution >= 4 is 5.91 Å². The fraction of sp³-hybridized carbons (Fsp3) is 0.958. The zero-order valence-electron chi connectivity index (χ0n) is 19.9. The van der Waals surface area contributed by atoms with Crippen LogP contribution in [-0.4, -0.2) is 97.0 Å². The zero-order valence-corrected chi connectivity index (χ0v) is 19.9. The third-order valence-corrected chi connectivity index (χ3v) is 6.57. The third kappa shape index (κ3) is 9.80. The summed E-state index contributed by atoms with van der Waals surface area (Å²) >= 11 is 0. The van der Waals surface area contributed by atoms with Crippen molar-refractivity contribution in [1.29, 1.82) is 0 Å². The van der Waals surface area contributed by atoms with Crippen molar-refractivity contribution in [2.75, 3.05) is 65.4 Å². The molecule has 0 saturated carbocycles. The highest BCUT2D eigenvalue weighted by Crippen LogP contribution is 2.12. The first kappa shape index (κ1) is 24.6. The average Bonchev–Trinajstić information content (AvgIpc) is 2.92. The molecule has 0 atom stereocenters. The Morgan fingerprint density at radius 1 is 0.724 bits per heavy atom. The molecule has 5 nitrogen and oxygen atoms in total. The van der Waals surface area contributed by atoms with Gasteiger partial charge in [-0.05, 0) is 52.1 Å². The summed E-state index contributed by atoms with van der Waals surface area (Å²) in [4.78, 5) is 22.4. The second-order valence-electron chi connectivity index (χ2n) is 9.92. The van der Waals surface area contributed by atoms with Crippen LogP contribution >= 0.6 is 0 Å². The van der Waals surface area contributed by atoms with E-state index in [-0.39, 0.29) is 0 Å².